The fourth-order valence-corrected chi connectivity index (χ4v) is 0.612. The molecule has 0 N–H and O–H groups in total. The second-order valence-corrected chi connectivity index (χ2v) is 1.95. The van der Waals surface area contributed by atoms with Gasteiger partial charge in [0.05, 0.1) is 6.10 Å². The van der Waals surface area contributed by atoms with Gasteiger partial charge in [-0.15, -0.1) is 0 Å². The molecule has 5 heavy (non-hydrogen) atoms. The van der Waals surface area contributed by atoms with Crippen molar-refractivity contribution < 1.29 is 4.18 Å². The minimum Gasteiger partial charge on any atom is -0.311 e. The first-order valence-electron chi connectivity index (χ1n) is 1.68. The van der Waals surface area contributed by atoms with Gasteiger partial charge in [-0.1, -0.05) is 0 Å². The van der Waals surface area contributed by atoms with E-state index in [1.807, 2.05) is 0 Å². The van der Waals surface area contributed by atoms with Gasteiger partial charge in [0.2, 0.25) is 0 Å². The molecular formula is C3H6OS. The van der Waals surface area contributed by atoms with E-state index in [1.165, 1.54) is 5.75 Å². The largest absolute Gasteiger partial charge is 0.311 e. The van der Waals surface area contributed by atoms with Crippen LogP contribution in [0, 0.1) is 0 Å². The van der Waals surface area contributed by atoms with Crippen LogP contribution in [-0.2, 0) is 4.18 Å². The van der Waals surface area contributed by atoms with E-state index in [1.54, 1.807) is 12.0 Å². The molecule has 0 aromatic heterocycles. The average molecular weight is 90.1 g/mol. The standard InChI is InChI=1S/C3H6OS/c1-3-2-5-4-3/h3H,2H2,1H3. The first-order chi connectivity index (χ1) is 2.39. The highest BCUT2D eigenvalue weighted by Crippen LogP contribution is 2.20. The molecule has 0 aromatic carbocycles. The van der Waals surface area contributed by atoms with Gasteiger partial charge in [0.15, 0.2) is 0 Å². The van der Waals surface area contributed by atoms with Gasteiger partial charge in [0.1, 0.15) is 0 Å². The summed E-state index contributed by atoms with van der Waals surface area (Å²) in [5, 5.41) is 0. The first kappa shape index (κ1) is 3.50. The molecule has 1 fully saturated rings. The normalized spacial score (nSPS) is 36.6. The molecule has 1 saturated heterocycles. The van der Waals surface area contributed by atoms with Gasteiger partial charge >= 0.3 is 0 Å². The zero-order valence-corrected chi connectivity index (χ0v) is 3.92. The van der Waals surface area contributed by atoms with Crippen LogP contribution >= 0.6 is 12.0 Å². The van der Waals surface area contributed by atoms with Crippen LogP contribution in [0.15, 0.2) is 0 Å². The van der Waals surface area contributed by atoms with E-state index in [9.17, 15) is 0 Å². The molecule has 0 amide bonds. The van der Waals surface area contributed by atoms with Crippen molar-refractivity contribution >= 4 is 12.0 Å². The summed E-state index contributed by atoms with van der Waals surface area (Å²) in [6.07, 6.45) is 0.528. The predicted octanol–water partition coefficient (Wildman–Crippen LogP) is 1.05. The Bertz CT molecular complexity index is 33.9. The number of hydrogen-bond acceptors (Lipinski definition) is 2. The predicted molar refractivity (Wildman–Crippen MR) is 23.0 cm³/mol. The van der Waals surface area contributed by atoms with E-state index in [4.69, 9.17) is 4.18 Å². The van der Waals surface area contributed by atoms with Crippen LogP contribution in [0.4, 0.5) is 0 Å². The van der Waals surface area contributed by atoms with Gasteiger partial charge in [-0.2, -0.15) is 0 Å². The maximum absolute atomic E-state index is 4.85. The minimum absolute atomic E-state index is 0.528. The van der Waals surface area contributed by atoms with E-state index in [-0.39, 0.29) is 0 Å². The zero-order chi connectivity index (χ0) is 3.70. The SMILES string of the molecule is CC1CSO1. The van der Waals surface area contributed by atoms with Crippen molar-refractivity contribution in [3.63, 3.8) is 0 Å². The third kappa shape index (κ3) is 0.578. The molecule has 0 spiro atoms. The van der Waals surface area contributed by atoms with E-state index >= 15 is 0 Å². The Morgan fingerprint density at radius 1 is 2.00 bits per heavy atom. The van der Waals surface area contributed by atoms with Crippen molar-refractivity contribution in [2.45, 2.75) is 13.0 Å². The lowest BCUT2D eigenvalue weighted by Crippen LogP contribution is -2.16. The highest BCUT2D eigenvalue weighted by atomic mass is 32.2. The van der Waals surface area contributed by atoms with Crippen LogP contribution in [-0.4, -0.2) is 11.9 Å². The van der Waals surface area contributed by atoms with Crippen LogP contribution in [0.1, 0.15) is 6.92 Å². The molecule has 30 valence electrons. The summed E-state index contributed by atoms with van der Waals surface area (Å²) in [5.41, 5.74) is 0. The lowest BCUT2D eigenvalue weighted by atomic mass is 10.5. The number of hydrogen-bond donors (Lipinski definition) is 0. The smallest absolute Gasteiger partial charge is 0.0806 e. The molecule has 1 unspecified atom stereocenters. The summed E-state index contributed by atoms with van der Waals surface area (Å²) < 4.78 is 4.85. The Balaban J connectivity index is 2.08. The van der Waals surface area contributed by atoms with E-state index in [0.717, 1.165) is 0 Å². The fraction of sp³-hybridized carbons (Fsp3) is 1.00. The van der Waals surface area contributed by atoms with Crippen molar-refractivity contribution in [1.29, 1.82) is 0 Å². The summed E-state index contributed by atoms with van der Waals surface area (Å²) in [5.74, 6) is 1.18. The summed E-state index contributed by atoms with van der Waals surface area (Å²) in [6, 6.07) is 0. The van der Waals surface area contributed by atoms with Crippen molar-refractivity contribution in [2.24, 2.45) is 0 Å². The molecule has 2 heteroatoms. The molecule has 0 saturated carbocycles. The quantitative estimate of drug-likeness (QED) is 0.411. The van der Waals surface area contributed by atoms with Crippen molar-refractivity contribution in [3.8, 4) is 0 Å². The van der Waals surface area contributed by atoms with Crippen LogP contribution in [0.3, 0.4) is 0 Å². The molecule has 1 aliphatic rings. The van der Waals surface area contributed by atoms with Gasteiger partial charge in [0.25, 0.3) is 0 Å². The average Bonchev–Trinajstić information content (AvgIpc) is 1.30. The Kier molecular flexibility index (Phi) is 0.830. The molecule has 1 atom stereocenters. The minimum atomic E-state index is 0.528. The number of rotatable bonds is 0. The van der Waals surface area contributed by atoms with Gasteiger partial charge in [-0.25, -0.2) is 0 Å². The Hall–Kier alpha value is 0.310. The van der Waals surface area contributed by atoms with Crippen molar-refractivity contribution in [2.75, 3.05) is 5.75 Å². The maximum Gasteiger partial charge on any atom is 0.0806 e. The van der Waals surface area contributed by atoms with Gasteiger partial charge in [-0.05, 0) is 19.0 Å². The van der Waals surface area contributed by atoms with Crippen LogP contribution in [0.2, 0.25) is 0 Å². The molecule has 1 nitrogen and oxygen atoms in total. The maximum atomic E-state index is 4.85. The van der Waals surface area contributed by atoms with Gasteiger partial charge in [0, 0.05) is 5.75 Å². The van der Waals surface area contributed by atoms with Crippen LogP contribution < -0.4 is 0 Å². The molecule has 0 aliphatic carbocycles. The fourth-order valence-electron chi connectivity index (χ4n) is 0.204. The lowest BCUT2D eigenvalue weighted by molar-refractivity contribution is 0.250. The molecule has 0 bridgehead atoms. The molecule has 1 heterocycles. The Morgan fingerprint density at radius 2 is 2.40 bits per heavy atom. The second kappa shape index (κ2) is 1.19. The highest BCUT2D eigenvalue weighted by molar-refractivity contribution is 7.95. The Morgan fingerprint density at radius 3 is 2.40 bits per heavy atom. The van der Waals surface area contributed by atoms with Gasteiger partial charge in [-0.3, -0.25) is 0 Å². The van der Waals surface area contributed by atoms with Crippen molar-refractivity contribution in [1.82, 2.24) is 0 Å². The van der Waals surface area contributed by atoms with Gasteiger partial charge < -0.3 is 4.18 Å². The lowest BCUT2D eigenvalue weighted by Gasteiger charge is -2.18. The third-order valence-electron chi connectivity index (χ3n) is 0.535. The zero-order valence-electron chi connectivity index (χ0n) is 3.10. The second-order valence-electron chi connectivity index (χ2n) is 1.19. The summed E-state index contributed by atoms with van der Waals surface area (Å²) >= 11 is 1.55. The molecule has 1 aliphatic heterocycles. The van der Waals surface area contributed by atoms with E-state index in [0.29, 0.717) is 6.10 Å². The Labute approximate surface area is 35.9 Å². The van der Waals surface area contributed by atoms with E-state index in [2.05, 4.69) is 6.92 Å². The topological polar surface area (TPSA) is 9.23 Å². The van der Waals surface area contributed by atoms with Crippen molar-refractivity contribution in [3.05, 3.63) is 0 Å². The van der Waals surface area contributed by atoms with Crippen LogP contribution in [0.25, 0.3) is 0 Å². The molecule has 0 radical (unpaired) electrons. The monoisotopic (exact) mass is 90.0 g/mol. The molecule has 0 aromatic rings. The van der Waals surface area contributed by atoms with Crippen LogP contribution in [0.5, 0.6) is 0 Å². The summed E-state index contributed by atoms with van der Waals surface area (Å²) in [4.78, 5) is 0. The molecular weight excluding hydrogens is 84.1 g/mol. The first-order valence-corrected chi connectivity index (χ1v) is 2.59. The molecule has 1 rings (SSSR count). The summed E-state index contributed by atoms with van der Waals surface area (Å²) in [7, 11) is 0. The van der Waals surface area contributed by atoms with E-state index < -0.39 is 0 Å². The highest BCUT2D eigenvalue weighted by Gasteiger charge is 2.11. The third-order valence-corrected chi connectivity index (χ3v) is 1.61. The summed E-state index contributed by atoms with van der Waals surface area (Å²) in [6.45, 7) is 2.07.